The van der Waals surface area contributed by atoms with E-state index in [-0.39, 0.29) is 35.3 Å². The van der Waals surface area contributed by atoms with Gasteiger partial charge in [0.25, 0.3) is 0 Å². The van der Waals surface area contributed by atoms with Crippen molar-refractivity contribution >= 4 is 17.4 Å². The topological polar surface area (TPSA) is 58.6 Å². The highest BCUT2D eigenvalue weighted by Crippen LogP contribution is 2.35. The average Bonchev–Trinajstić information content (AvgIpc) is 3.18. The van der Waals surface area contributed by atoms with E-state index < -0.39 is 12.8 Å². The number of benzene rings is 2. The number of nitrogens with zero attached hydrogens (tertiary/aromatic N) is 1. The summed E-state index contributed by atoms with van der Waals surface area (Å²) in [6, 6.07) is 15.2. The Hall–Kier alpha value is -2.87. The van der Waals surface area contributed by atoms with Crippen molar-refractivity contribution in [3.63, 3.8) is 0 Å². The number of hydrogen-bond acceptors (Lipinski definition) is 4. The molecule has 3 atom stereocenters. The maximum Gasteiger partial charge on any atom is 0.422 e. The number of amides is 1. The number of halogens is 3. The molecule has 1 unspecified atom stereocenters. The van der Waals surface area contributed by atoms with Gasteiger partial charge in [0.2, 0.25) is 5.91 Å². The van der Waals surface area contributed by atoms with Gasteiger partial charge in [-0.2, -0.15) is 13.2 Å². The van der Waals surface area contributed by atoms with Crippen LogP contribution in [0.3, 0.4) is 0 Å². The fourth-order valence-corrected chi connectivity index (χ4v) is 4.42. The summed E-state index contributed by atoms with van der Waals surface area (Å²) in [6.07, 6.45) is -3.39. The zero-order valence-electron chi connectivity index (χ0n) is 16.8. The molecule has 1 amide bonds. The van der Waals surface area contributed by atoms with Gasteiger partial charge in [-0.3, -0.25) is 9.59 Å². The highest BCUT2D eigenvalue weighted by molar-refractivity contribution is 5.98. The van der Waals surface area contributed by atoms with Gasteiger partial charge >= 0.3 is 6.18 Å². The molecule has 2 aliphatic rings. The van der Waals surface area contributed by atoms with Crippen molar-refractivity contribution in [3.05, 3.63) is 60.2 Å². The quantitative estimate of drug-likeness (QED) is 0.761. The number of anilines is 1. The lowest BCUT2D eigenvalue weighted by molar-refractivity contribution is -0.153. The summed E-state index contributed by atoms with van der Waals surface area (Å²) in [7, 11) is 0. The average molecular weight is 432 g/mol. The fraction of sp³-hybridized carbons (Fsp3) is 0.391. The van der Waals surface area contributed by atoms with E-state index in [1.807, 2.05) is 30.3 Å². The van der Waals surface area contributed by atoms with E-state index in [1.54, 1.807) is 17.0 Å². The number of ether oxygens (including phenoxy) is 1. The van der Waals surface area contributed by atoms with E-state index in [1.165, 1.54) is 12.1 Å². The summed E-state index contributed by atoms with van der Waals surface area (Å²) >= 11 is 0. The standard InChI is InChI=1S/C23H23F3N2O3/c24-23(25,26)14-31-17-8-6-16(7-9-17)28-11-10-18-19(22(28)30)13-27-21(18)20(29)12-15-4-2-1-3-5-15/h1-9,18-19,21,27H,10-14H2/t18-,19-,21?/m0/s1. The van der Waals surface area contributed by atoms with Crippen LogP contribution in [0.5, 0.6) is 5.75 Å². The zero-order chi connectivity index (χ0) is 22.0. The Labute approximate surface area is 178 Å². The van der Waals surface area contributed by atoms with Crippen molar-refractivity contribution in [1.29, 1.82) is 0 Å². The fourth-order valence-electron chi connectivity index (χ4n) is 4.42. The number of hydrogen-bond donors (Lipinski definition) is 1. The third-order valence-corrected chi connectivity index (χ3v) is 5.89. The molecule has 5 nitrogen and oxygen atoms in total. The van der Waals surface area contributed by atoms with Gasteiger partial charge in [0, 0.05) is 25.2 Å². The number of ketones is 1. The summed E-state index contributed by atoms with van der Waals surface area (Å²) in [6.45, 7) is -0.458. The summed E-state index contributed by atoms with van der Waals surface area (Å²) in [5.41, 5.74) is 1.57. The summed E-state index contributed by atoms with van der Waals surface area (Å²) in [4.78, 5) is 27.5. The predicted molar refractivity (Wildman–Crippen MR) is 109 cm³/mol. The number of fused-ring (bicyclic) bond motifs is 1. The second kappa shape index (κ2) is 8.70. The van der Waals surface area contributed by atoms with Gasteiger partial charge in [-0.25, -0.2) is 0 Å². The SMILES string of the molecule is O=C(Cc1ccccc1)C1NC[C@@H]2C(=O)N(c3ccc(OCC(F)(F)F)cc3)CC[C@H]12. The zero-order valence-corrected chi connectivity index (χ0v) is 16.8. The number of alkyl halides is 3. The second-order valence-corrected chi connectivity index (χ2v) is 7.96. The molecule has 0 aromatic heterocycles. The van der Waals surface area contributed by atoms with Crippen LogP contribution >= 0.6 is 0 Å². The Morgan fingerprint density at radius 3 is 2.48 bits per heavy atom. The molecule has 0 radical (unpaired) electrons. The Morgan fingerprint density at radius 1 is 1.10 bits per heavy atom. The summed E-state index contributed by atoms with van der Waals surface area (Å²) in [5.74, 6) is -0.222. The lowest BCUT2D eigenvalue weighted by Crippen LogP contribution is -2.48. The van der Waals surface area contributed by atoms with Gasteiger partial charge in [0.1, 0.15) is 5.75 Å². The predicted octanol–water partition coefficient (Wildman–Crippen LogP) is 3.38. The van der Waals surface area contributed by atoms with E-state index in [4.69, 9.17) is 4.74 Å². The first-order chi connectivity index (χ1) is 14.8. The molecule has 2 aromatic rings. The lowest BCUT2D eigenvalue weighted by Gasteiger charge is -2.35. The van der Waals surface area contributed by atoms with Crippen LogP contribution in [-0.4, -0.2) is 43.6 Å². The number of nitrogens with one attached hydrogen (secondary N) is 1. The van der Waals surface area contributed by atoms with Crippen LogP contribution in [0.25, 0.3) is 0 Å². The van der Waals surface area contributed by atoms with Crippen LogP contribution in [0.1, 0.15) is 12.0 Å². The van der Waals surface area contributed by atoms with Gasteiger partial charge < -0.3 is 15.0 Å². The summed E-state index contributed by atoms with van der Waals surface area (Å²) in [5, 5.41) is 3.24. The van der Waals surface area contributed by atoms with Crippen molar-refractivity contribution in [3.8, 4) is 5.75 Å². The van der Waals surface area contributed by atoms with Gasteiger partial charge in [-0.05, 0) is 42.2 Å². The molecule has 2 heterocycles. The largest absolute Gasteiger partial charge is 0.484 e. The van der Waals surface area contributed by atoms with Crippen molar-refractivity contribution in [1.82, 2.24) is 5.32 Å². The first-order valence-corrected chi connectivity index (χ1v) is 10.2. The molecular formula is C23H23F3N2O3. The third kappa shape index (κ3) is 4.90. The molecule has 0 saturated carbocycles. The minimum absolute atomic E-state index is 0.0469. The van der Waals surface area contributed by atoms with E-state index in [2.05, 4.69) is 5.32 Å². The molecule has 0 aliphatic carbocycles. The van der Waals surface area contributed by atoms with Crippen LogP contribution < -0.4 is 15.0 Å². The second-order valence-electron chi connectivity index (χ2n) is 7.96. The molecule has 1 N–H and O–H groups in total. The van der Waals surface area contributed by atoms with Gasteiger partial charge in [-0.15, -0.1) is 0 Å². The Balaban J connectivity index is 1.39. The van der Waals surface area contributed by atoms with Crippen LogP contribution in [0.15, 0.2) is 54.6 Å². The van der Waals surface area contributed by atoms with Crippen molar-refractivity contribution < 1.29 is 27.5 Å². The highest BCUT2D eigenvalue weighted by Gasteiger charge is 2.47. The van der Waals surface area contributed by atoms with Gasteiger partial charge in [0.15, 0.2) is 12.4 Å². The van der Waals surface area contributed by atoms with Crippen molar-refractivity contribution in [2.75, 3.05) is 24.6 Å². The molecule has 2 aliphatic heterocycles. The number of Topliss-reactive ketones (excluding diaryl/α,β-unsaturated/α-hetero) is 1. The maximum atomic E-state index is 13.1. The first kappa shape index (κ1) is 21.4. The molecule has 2 fully saturated rings. The number of carbonyl (C=O) groups excluding carboxylic acids is 2. The molecular weight excluding hydrogens is 409 g/mol. The minimum atomic E-state index is -4.40. The monoisotopic (exact) mass is 432 g/mol. The number of carbonyl (C=O) groups is 2. The molecule has 0 bridgehead atoms. The summed E-state index contributed by atoms with van der Waals surface area (Å²) < 4.78 is 41.6. The van der Waals surface area contributed by atoms with E-state index in [0.717, 1.165) is 5.56 Å². The Kier molecular flexibility index (Phi) is 6.00. The highest BCUT2D eigenvalue weighted by atomic mass is 19.4. The van der Waals surface area contributed by atoms with Gasteiger partial charge in [-0.1, -0.05) is 30.3 Å². The smallest absolute Gasteiger partial charge is 0.422 e. The Bertz CT molecular complexity index is 931. The maximum absolute atomic E-state index is 13.1. The van der Waals surface area contributed by atoms with E-state index in [0.29, 0.717) is 31.6 Å². The molecule has 0 spiro atoms. The molecule has 31 heavy (non-hydrogen) atoms. The third-order valence-electron chi connectivity index (χ3n) is 5.89. The molecule has 4 rings (SSSR count). The lowest BCUT2D eigenvalue weighted by atomic mass is 9.81. The van der Waals surface area contributed by atoms with E-state index in [9.17, 15) is 22.8 Å². The number of piperidine rings is 1. The molecule has 8 heteroatoms. The van der Waals surface area contributed by atoms with Crippen LogP contribution in [-0.2, 0) is 16.0 Å². The van der Waals surface area contributed by atoms with Crippen molar-refractivity contribution in [2.24, 2.45) is 11.8 Å². The van der Waals surface area contributed by atoms with Crippen LogP contribution in [0.4, 0.5) is 18.9 Å². The first-order valence-electron chi connectivity index (χ1n) is 10.2. The molecule has 2 saturated heterocycles. The molecule has 2 aromatic carbocycles. The van der Waals surface area contributed by atoms with Gasteiger partial charge in [0.05, 0.1) is 12.0 Å². The Morgan fingerprint density at radius 2 is 1.81 bits per heavy atom. The van der Waals surface area contributed by atoms with Crippen molar-refractivity contribution in [2.45, 2.75) is 25.1 Å². The number of rotatable bonds is 6. The minimum Gasteiger partial charge on any atom is -0.484 e. The molecule has 164 valence electrons. The van der Waals surface area contributed by atoms with E-state index >= 15 is 0 Å². The normalized spacial score (nSPS) is 23.5. The van der Waals surface area contributed by atoms with Crippen LogP contribution in [0.2, 0.25) is 0 Å². The van der Waals surface area contributed by atoms with Crippen LogP contribution in [0, 0.1) is 11.8 Å².